The lowest BCUT2D eigenvalue weighted by Crippen LogP contribution is -1.91. The second-order valence-corrected chi connectivity index (χ2v) is 5.08. The first-order chi connectivity index (χ1) is 8.63. The van der Waals surface area contributed by atoms with Gasteiger partial charge in [-0.05, 0) is 12.5 Å². The summed E-state index contributed by atoms with van der Waals surface area (Å²) in [6.45, 7) is 3.99. The average molecular weight is 261 g/mol. The molecule has 1 heterocycles. The second kappa shape index (κ2) is 5.42. The van der Waals surface area contributed by atoms with E-state index in [1.54, 1.807) is 14.0 Å². The number of carbonyl (C=O) groups is 1. The van der Waals surface area contributed by atoms with Gasteiger partial charge in [-0.3, -0.25) is 4.79 Å². The normalized spacial score (nSPS) is 10.6. The molecular formula is C14H15NO2S. The molecule has 1 aromatic carbocycles. The largest absolute Gasteiger partial charge is 0.380 e. The molecule has 0 fully saturated rings. The number of nitrogens with zero attached hydrogens (tertiary/aromatic N) is 1. The Labute approximate surface area is 110 Å². The van der Waals surface area contributed by atoms with E-state index in [9.17, 15) is 4.79 Å². The van der Waals surface area contributed by atoms with Crippen molar-refractivity contribution in [3.63, 3.8) is 0 Å². The van der Waals surface area contributed by atoms with Gasteiger partial charge in [-0.1, -0.05) is 24.3 Å². The number of aromatic nitrogens is 1. The molecule has 0 aliphatic carbocycles. The van der Waals surface area contributed by atoms with Gasteiger partial charge < -0.3 is 4.74 Å². The Bertz CT molecular complexity index is 575. The summed E-state index contributed by atoms with van der Waals surface area (Å²) < 4.78 is 5.18. The predicted octanol–water partition coefficient (Wildman–Crippen LogP) is 3.47. The van der Waals surface area contributed by atoms with Gasteiger partial charge in [-0.2, -0.15) is 0 Å². The minimum Gasteiger partial charge on any atom is -0.380 e. The summed E-state index contributed by atoms with van der Waals surface area (Å²) in [5.74, 6) is 0.0699. The molecule has 0 aliphatic rings. The van der Waals surface area contributed by atoms with Gasteiger partial charge in [0, 0.05) is 19.6 Å². The number of ether oxygens (including phenoxy) is 1. The van der Waals surface area contributed by atoms with Gasteiger partial charge in [0.2, 0.25) is 0 Å². The van der Waals surface area contributed by atoms with Gasteiger partial charge in [0.25, 0.3) is 0 Å². The molecule has 18 heavy (non-hydrogen) atoms. The first kappa shape index (κ1) is 12.9. The highest BCUT2D eigenvalue weighted by Gasteiger charge is 2.14. The summed E-state index contributed by atoms with van der Waals surface area (Å²) >= 11 is 1.44. The Hall–Kier alpha value is -1.52. The topological polar surface area (TPSA) is 39.2 Å². The van der Waals surface area contributed by atoms with E-state index < -0.39 is 0 Å². The van der Waals surface area contributed by atoms with Crippen LogP contribution in [-0.4, -0.2) is 17.9 Å². The van der Waals surface area contributed by atoms with Crippen molar-refractivity contribution in [3.05, 3.63) is 40.4 Å². The van der Waals surface area contributed by atoms with E-state index in [0.717, 1.165) is 26.7 Å². The minimum absolute atomic E-state index is 0.0699. The summed E-state index contributed by atoms with van der Waals surface area (Å²) in [5, 5.41) is 0.880. The second-order valence-electron chi connectivity index (χ2n) is 4.08. The van der Waals surface area contributed by atoms with Crippen LogP contribution in [0, 0.1) is 6.92 Å². The van der Waals surface area contributed by atoms with Crippen LogP contribution < -0.4 is 0 Å². The zero-order valence-electron chi connectivity index (χ0n) is 10.7. The minimum atomic E-state index is 0.0699. The van der Waals surface area contributed by atoms with Gasteiger partial charge in [0.1, 0.15) is 5.01 Å². The molecule has 2 rings (SSSR count). The Morgan fingerprint density at radius 1 is 1.39 bits per heavy atom. The smallest absolute Gasteiger partial charge is 0.171 e. The van der Waals surface area contributed by atoms with Crippen LogP contribution >= 0.6 is 11.3 Å². The Morgan fingerprint density at radius 3 is 2.72 bits per heavy atom. The third-order valence-electron chi connectivity index (χ3n) is 2.66. The third kappa shape index (κ3) is 2.49. The molecule has 94 valence electrons. The van der Waals surface area contributed by atoms with E-state index in [1.807, 2.05) is 31.2 Å². The lowest BCUT2D eigenvalue weighted by atomic mass is 10.1. The van der Waals surface area contributed by atoms with Gasteiger partial charge in [0.15, 0.2) is 5.78 Å². The van der Waals surface area contributed by atoms with Crippen LogP contribution in [0.4, 0.5) is 0 Å². The molecule has 3 nitrogen and oxygen atoms in total. The maximum absolute atomic E-state index is 11.5. The number of benzene rings is 1. The van der Waals surface area contributed by atoms with Crippen LogP contribution in [0.25, 0.3) is 10.6 Å². The van der Waals surface area contributed by atoms with Crippen molar-refractivity contribution in [3.8, 4) is 10.6 Å². The van der Waals surface area contributed by atoms with Crippen molar-refractivity contribution < 1.29 is 9.53 Å². The molecule has 0 atom stereocenters. The van der Waals surface area contributed by atoms with Gasteiger partial charge in [-0.15, -0.1) is 11.3 Å². The number of thiazole rings is 1. The molecule has 0 unspecified atom stereocenters. The van der Waals surface area contributed by atoms with E-state index in [-0.39, 0.29) is 5.78 Å². The fourth-order valence-electron chi connectivity index (χ4n) is 1.85. The summed E-state index contributed by atoms with van der Waals surface area (Å²) in [5.41, 5.74) is 2.93. The fourth-order valence-corrected chi connectivity index (χ4v) is 2.87. The van der Waals surface area contributed by atoms with E-state index in [1.165, 1.54) is 11.3 Å². The van der Waals surface area contributed by atoms with E-state index >= 15 is 0 Å². The zero-order chi connectivity index (χ0) is 13.1. The average Bonchev–Trinajstić information content (AvgIpc) is 2.72. The molecule has 1 aromatic heterocycles. The number of aryl methyl sites for hydroxylation is 1. The first-order valence-electron chi connectivity index (χ1n) is 5.69. The molecule has 2 aromatic rings. The number of rotatable bonds is 4. The van der Waals surface area contributed by atoms with E-state index in [2.05, 4.69) is 4.98 Å². The lowest BCUT2D eigenvalue weighted by Gasteiger charge is -2.05. The number of hydrogen-bond donors (Lipinski definition) is 0. The van der Waals surface area contributed by atoms with Crippen molar-refractivity contribution in [2.75, 3.05) is 7.11 Å². The molecule has 0 saturated carbocycles. The van der Waals surface area contributed by atoms with E-state index in [4.69, 9.17) is 4.74 Å². The SMILES string of the molecule is COCc1ccccc1-c1nc(C)c(C(C)=O)s1. The van der Waals surface area contributed by atoms with Crippen LogP contribution in [0.15, 0.2) is 24.3 Å². The molecular weight excluding hydrogens is 246 g/mol. The molecule has 0 aliphatic heterocycles. The van der Waals surface area contributed by atoms with Gasteiger partial charge >= 0.3 is 0 Å². The van der Waals surface area contributed by atoms with Crippen LogP contribution in [-0.2, 0) is 11.3 Å². The monoisotopic (exact) mass is 261 g/mol. The number of carbonyl (C=O) groups excluding carboxylic acids is 1. The molecule has 0 N–H and O–H groups in total. The number of Topliss-reactive ketones (excluding diaryl/α,β-unsaturated/α-hetero) is 1. The van der Waals surface area contributed by atoms with Crippen LogP contribution in [0.2, 0.25) is 0 Å². The van der Waals surface area contributed by atoms with Crippen LogP contribution in [0.5, 0.6) is 0 Å². The van der Waals surface area contributed by atoms with Gasteiger partial charge in [-0.25, -0.2) is 4.98 Å². The molecule has 4 heteroatoms. The first-order valence-corrected chi connectivity index (χ1v) is 6.50. The van der Waals surface area contributed by atoms with Crippen LogP contribution in [0.3, 0.4) is 0 Å². The maximum atomic E-state index is 11.5. The van der Waals surface area contributed by atoms with Crippen molar-refractivity contribution in [1.29, 1.82) is 0 Å². The van der Waals surface area contributed by atoms with Crippen LogP contribution in [0.1, 0.15) is 27.9 Å². The van der Waals surface area contributed by atoms with E-state index in [0.29, 0.717) is 6.61 Å². The number of methoxy groups -OCH3 is 1. The standard InChI is InChI=1S/C14H15NO2S/c1-9-13(10(2)16)18-14(15-9)12-7-5-4-6-11(12)8-17-3/h4-7H,8H2,1-3H3. The quantitative estimate of drug-likeness (QED) is 0.791. The number of hydrogen-bond acceptors (Lipinski definition) is 4. The molecule has 0 amide bonds. The highest BCUT2D eigenvalue weighted by Crippen LogP contribution is 2.30. The summed E-state index contributed by atoms with van der Waals surface area (Å²) in [4.78, 5) is 16.7. The molecule has 0 spiro atoms. The maximum Gasteiger partial charge on any atom is 0.171 e. The molecule has 0 radical (unpaired) electrons. The molecule has 0 bridgehead atoms. The fraction of sp³-hybridized carbons (Fsp3) is 0.286. The van der Waals surface area contributed by atoms with Crippen molar-refractivity contribution in [2.45, 2.75) is 20.5 Å². The Kier molecular flexibility index (Phi) is 3.89. The lowest BCUT2D eigenvalue weighted by molar-refractivity contribution is 0.102. The van der Waals surface area contributed by atoms with Crippen molar-refractivity contribution >= 4 is 17.1 Å². The summed E-state index contributed by atoms with van der Waals surface area (Å²) in [6.07, 6.45) is 0. The third-order valence-corrected chi connectivity index (χ3v) is 3.96. The highest BCUT2D eigenvalue weighted by molar-refractivity contribution is 7.17. The van der Waals surface area contributed by atoms with Gasteiger partial charge in [0.05, 0.1) is 17.2 Å². The molecule has 0 saturated heterocycles. The Morgan fingerprint density at radius 2 is 2.11 bits per heavy atom. The van der Waals surface area contributed by atoms with Crippen molar-refractivity contribution in [2.24, 2.45) is 0 Å². The predicted molar refractivity (Wildman–Crippen MR) is 73.0 cm³/mol. The summed E-state index contributed by atoms with van der Waals surface area (Å²) in [6, 6.07) is 7.97. The zero-order valence-corrected chi connectivity index (χ0v) is 11.5. The Balaban J connectivity index is 2.48. The number of ketones is 1. The summed E-state index contributed by atoms with van der Waals surface area (Å²) in [7, 11) is 1.67. The van der Waals surface area contributed by atoms with Crippen molar-refractivity contribution in [1.82, 2.24) is 4.98 Å². The highest BCUT2D eigenvalue weighted by atomic mass is 32.1.